The van der Waals surface area contributed by atoms with Gasteiger partial charge >= 0.3 is 0 Å². The van der Waals surface area contributed by atoms with Gasteiger partial charge in [-0.3, -0.25) is 24.2 Å². The molecule has 36 heavy (non-hydrogen) atoms. The molecule has 0 atom stereocenters. The van der Waals surface area contributed by atoms with E-state index in [1.807, 2.05) is 24.3 Å². The summed E-state index contributed by atoms with van der Waals surface area (Å²) in [6, 6.07) is 17.0. The van der Waals surface area contributed by atoms with Crippen LogP contribution in [-0.4, -0.2) is 79.5 Å². The number of rotatable bonds is 6. The van der Waals surface area contributed by atoms with Crippen molar-refractivity contribution in [3.05, 3.63) is 71.8 Å². The van der Waals surface area contributed by atoms with Crippen molar-refractivity contribution < 1.29 is 22.8 Å². The van der Waals surface area contributed by atoms with Crippen molar-refractivity contribution in [1.82, 2.24) is 14.1 Å². The summed E-state index contributed by atoms with van der Waals surface area (Å²) in [5.74, 6) is -0.822. The van der Waals surface area contributed by atoms with Gasteiger partial charge in [0.2, 0.25) is 15.9 Å². The zero-order valence-electron chi connectivity index (χ0n) is 19.8. The van der Waals surface area contributed by atoms with Gasteiger partial charge < -0.3 is 5.32 Å². The predicted molar refractivity (Wildman–Crippen MR) is 135 cm³/mol. The fourth-order valence-corrected chi connectivity index (χ4v) is 6.20. The highest BCUT2D eigenvalue weighted by molar-refractivity contribution is 7.89. The van der Waals surface area contributed by atoms with Crippen molar-refractivity contribution >= 4 is 44.2 Å². The van der Waals surface area contributed by atoms with Gasteiger partial charge in [0.25, 0.3) is 11.8 Å². The second-order valence-corrected chi connectivity index (χ2v) is 10.9. The van der Waals surface area contributed by atoms with Crippen molar-refractivity contribution in [1.29, 1.82) is 0 Å². The van der Waals surface area contributed by atoms with Crippen LogP contribution in [0.25, 0.3) is 10.8 Å². The Morgan fingerprint density at radius 2 is 1.42 bits per heavy atom. The average molecular weight is 507 g/mol. The summed E-state index contributed by atoms with van der Waals surface area (Å²) in [6.45, 7) is 3.69. The highest BCUT2D eigenvalue weighted by Crippen LogP contribution is 2.30. The molecular formula is C26H26N4O5S. The molecule has 186 valence electrons. The van der Waals surface area contributed by atoms with Crippen LogP contribution in [-0.2, 0) is 14.8 Å². The maximum atomic E-state index is 13.1. The third kappa shape index (κ3) is 4.39. The lowest BCUT2D eigenvalue weighted by atomic mass is 9.94. The smallest absolute Gasteiger partial charge is 0.261 e. The van der Waals surface area contributed by atoms with Crippen LogP contribution in [0, 0.1) is 0 Å². The van der Waals surface area contributed by atoms with Gasteiger partial charge in [0, 0.05) is 68.4 Å². The minimum Gasteiger partial charge on any atom is -0.326 e. The van der Waals surface area contributed by atoms with E-state index in [9.17, 15) is 22.8 Å². The quantitative estimate of drug-likeness (QED) is 0.515. The summed E-state index contributed by atoms with van der Waals surface area (Å²) < 4.78 is 27.5. The SMILES string of the molecule is CC(=O)Nc1ccc(S(=O)(=O)N2CCN(CCN3C(=O)c4cccc5cccc(c45)C3=O)CC2)cc1. The van der Waals surface area contributed by atoms with Crippen LogP contribution in [0.4, 0.5) is 5.69 Å². The summed E-state index contributed by atoms with van der Waals surface area (Å²) in [7, 11) is -3.66. The van der Waals surface area contributed by atoms with E-state index in [0.717, 1.165) is 5.39 Å². The van der Waals surface area contributed by atoms with Gasteiger partial charge in [-0.2, -0.15) is 4.31 Å². The van der Waals surface area contributed by atoms with Gasteiger partial charge in [0.1, 0.15) is 0 Å². The normalized spacial score (nSPS) is 17.0. The minimum atomic E-state index is -3.66. The zero-order chi connectivity index (χ0) is 25.4. The molecule has 3 aromatic rings. The van der Waals surface area contributed by atoms with Crippen molar-refractivity contribution in [2.24, 2.45) is 0 Å². The Morgan fingerprint density at radius 1 is 0.833 bits per heavy atom. The number of carbonyl (C=O) groups is 3. The van der Waals surface area contributed by atoms with Gasteiger partial charge in [-0.1, -0.05) is 24.3 Å². The number of hydrogen-bond donors (Lipinski definition) is 1. The molecule has 0 saturated carbocycles. The Bertz CT molecular complexity index is 1410. The minimum absolute atomic E-state index is 0.169. The molecule has 10 heteroatoms. The lowest BCUT2D eigenvalue weighted by molar-refractivity contribution is -0.114. The average Bonchev–Trinajstić information content (AvgIpc) is 2.87. The zero-order valence-corrected chi connectivity index (χ0v) is 20.6. The first-order valence-electron chi connectivity index (χ1n) is 11.7. The second-order valence-electron chi connectivity index (χ2n) is 8.92. The number of nitrogens with zero attached hydrogens (tertiary/aromatic N) is 3. The molecular weight excluding hydrogens is 480 g/mol. The highest BCUT2D eigenvalue weighted by Gasteiger charge is 2.33. The number of carbonyl (C=O) groups excluding carboxylic acids is 3. The fourth-order valence-electron chi connectivity index (χ4n) is 4.78. The van der Waals surface area contributed by atoms with E-state index >= 15 is 0 Å². The van der Waals surface area contributed by atoms with Gasteiger partial charge in [-0.15, -0.1) is 0 Å². The Labute approximate surface area is 209 Å². The van der Waals surface area contributed by atoms with E-state index in [2.05, 4.69) is 10.2 Å². The Kier molecular flexibility index (Phi) is 6.33. The highest BCUT2D eigenvalue weighted by atomic mass is 32.2. The Balaban J connectivity index is 1.21. The van der Waals surface area contributed by atoms with Crippen molar-refractivity contribution in [2.75, 3.05) is 44.6 Å². The molecule has 9 nitrogen and oxygen atoms in total. The summed E-state index contributed by atoms with van der Waals surface area (Å²) >= 11 is 0. The van der Waals surface area contributed by atoms with Gasteiger partial charge in [0.15, 0.2) is 0 Å². The molecule has 0 radical (unpaired) electrons. The molecule has 3 aromatic carbocycles. The molecule has 0 bridgehead atoms. The maximum absolute atomic E-state index is 13.1. The molecule has 0 spiro atoms. The predicted octanol–water partition coefficient (Wildman–Crippen LogP) is 2.40. The summed E-state index contributed by atoms with van der Waals surface area (Å²) in [6.07, 6.45) is 0. The first-order chi connectivity index (χ1) is 17.3. The summed E-state index contributed by atoms with van der Waals surface area (Å²) in [5, 5.41) is 4.19. The molecule has 0 aliphatic carbocycles. The first kappa shape index (κ1) is 24.1. The fraction of sp³-hybridized carbons (Fsp3) is 0.269. The van der Waals surface area contributed by atoms with E-state index in [0.29, 0.717) is 54.9 Å². The van der Waals surface area contributed by atoms with Gasteiger partial charge in [-0.25, -0.2) is 8.42 Å². The number of sulfonamides is 1. The molecule has 1 fully saturated rings. The molecule has 3 amide bonds. The number of hydrogen-bond acceptors (Lipinski definition) is 6. The van der Waals surface area contributed by atoms with E-state index in [4.69, 9.17) is 0 Å². The number of benzene rings is 3. The van der Waals surface area contributed by atoms with Crippen molar-refractivity contribution in [2.45, 2.75) is 11.8 Å². The second kappa shape index (κ2) is 9.45. The molecule has 2 aliphatic heterocycles. The van der Waals surface area contributed by atoms with Crippen LogP contribution < -0.4 is 5.32 Å². The van der Waals surface area contributed by atoms with E-state index in [1.54, 1.807) is 24.3 Å². The Hall–Kier alpha value is -3.60. The van der Waals surface area contributed by atoms with Crippen LogP contribution in [0.1, 0.15) is 27.6 Å². The molecule has 5 rings (SSSR count). The molecule has 2 heterocycles. The van der Waals surface area contributed by atoms with E-state index in [-0.39, 0.29) is 29.2 Å². The standard InChI is InChI=1S/C26H26N4O5S/c1-18(31)27-20-8-10-21(11-9-20)36(34,35)29-15-12-28(13-16-29)14-17-30-25(32)22-6-2-4-19-5-3-7-23(24(19)22)26(30)33/h2-11H,12-17H2,1H3,(H,27,31). The third-order valence-corrected chi connectivity index (χ3v) is 8.55. The molecule has 0 aromatic heterocycles. The summed E-state index contributed by atoms with van der Waals surface area (Å²) in [5.41, 5.74) is 1.60. The van der Waals surface area contributed by atoms with Crippen LogP contribution in [0.5, 0.6) is 0 Å². The van der Waals surface area contributed by atoms with E-state index in [1.165, 1.54) is 28.3 Å². The van der Waals surface area contributed by atoms with Gasteiger partial charge in [-0.05, 0) is 41.8 Å². The molecule has 1 N–H and O–H groups in total. The largest absolute Gasteiger partial charge is 0.326 e. The lowest BCUT2D eigenvalue weighted by Gasteiger charge is -2.35. The first-order valence-corrected chi connectivity index (χ1v) is 13.2. The van der Waals surface area contributed by atoms with Crippen molar-refractivity contribution in [3.8, 4) is 0 Å². The number of imide groups is 1. The number of nitrogens with one attached hydrogen (secondary N) is 1. The van der Waals surface area contributed by atoms with Crippen LogP contribution >= 0.6 is 0 Å². The number of piperazine rings is 1. The molecule has 0 unspecified atom stereocenters. The topological polar surface area (TPSA) is 107 Å². The molecule has 2 aliphatic rings. The third-order valence-electron chi connectivity index (χ3n) is 6.64. The van der Waals surface area contributed by atoms with Crippen LogP contribution in [0.15, 0.2) is 65.6 Å². The van der Waals surface area contributed by atoms with E-state index < -0.39 is 10.0 Å². The Morgan fingerprint density at radius 3 is 1.97 bits per heavy atom. The molecule has 1 saturated heterocycles. The number of amides is 3. The van der Waals surface area contributed by atoms with Crippen molar-refractivity contribution in [3.63, 3.8) is 0 Å². The van der Waals surface area contributed by atoms with Gasteiger partial charge in [0.05, 0.1) is 4.90 Å². The van der Waals surface area contributed by atoms with Crippen LogP contribution in [0.2, 0.25) is 0 Å². The number of anilines is 1. The maximum Gasteiger partial charge on any atom is 0.261 e. The summed E-state index contributed by atoms with van der Waals surface area (Å²) in [4.78, 5) is 40.9. The lowest BCUT2D eigenvalue weighted by Crippen LogP contribution is -2.51. The van der Waals surface area contributed by atoms with Crippen LogP contribution in [0.3, 0.4) is 0 Å². The monoisotopic (exact) mass is 506 g/mol.